The molecule has 4 rings (SSSR count). The lowest BCUT2D eigenvalue weighted by Crippen LogP contribution is -2.36. The maximum atomic E-state index is 13.2. The first-order chi connectivity index (χ1) is 13.5. The van der Waals surface area contributed by atoms with Gasteiger partial charge in [0.25, 0.3) is 11.7 Å². The molecule has 6 heteroatoms. The van der Waals surface area contributed by atoms with Crippen molar-refractivity contribution in [2.75, 3.05) is 6.54 Å². The van der Waals surface area contributed by atoms with Crippen LogP contribution in [0.15, 0.2) is 42.5 Å². The van der Waals surface area contributed by atoms with E-state index in [0.29, 0.717) is 23.5 Å². The summed E-state index contributed by atoms with van der Waals surface area (Å²) in [6, 6.07) is 13.8. The predicted molar refractivity (Wildman–Crippen MR) is 110 cm³/mol. The van der Waals surface area contributed by atoms with Crippen LogP contribution >= 0.6 is 11.3 Å². The zero-order chi connectivity index (χ0) is 19.8. The lowest BCUT2D eigenvalue weighted by molar-refractivity contribution is -0.127. The van der Waals surface area contributed by atoms with E-state index in [9.17, 15) is 9.59 Å². The van der Waals surface area contributed by atoms with Gasteiger partial charge in [-0.2, -0.15) is 5.10 Å². The number of para-hydroxylation sites is 1. The van der Waals surface area contributed by atoms with Gasteiger partial charge in [-0.05, 0) is 57.9 Å². The molecule has 0 aliphatic carbocycles. The zero-order valence-corrected chi connectivity index (χ0v) is 17.1. The van der Waals surface area contributed by atoms with Crippen molar-refractivity contribution < 1.29 is 9.59 Å². The van der Waals surface area contributed by atoms with E-state index >= 15 is 0 Å². The molecule has 1 fully saturated rings. The minimum Gasteiger partial charge on any atom is -0.328 e. The molecule has 2 aromatic heterocycles. The fourth-order valence-corrected chi connectivity index (χ4v) is 4.99. The van der Waals surface area contributed by atoms with Gasteiger partial charge in [0.2, 0.25) is 0 Å². The van der Waals surface area contributed by atoms with Crippen molar-refractivity contribution in [3.05, 3.63) is 69.2 Å². The van der Waals surface area contributed by atoms with Crippen molar-refractivity contribution in [2.24, 2.45) is 0 Å². The topological polar surface area (TPSA) is 55.2 Å². The maximum absolute atomic E-state index is 13.2. The Morgan fingerprint density at radius 1 is 1.07 bits per heavy atom. The summed E-state index contributed by atoms with van der Waals surface area (Å²) in [7, 11) is 0. The highest BCUT2D eigenvalue weighted by Gasteiger charge is 2.36. The van der Waals surface area contributed by atoms with Crippen LogP contribution in [0.5, 0.6) is 0 Å². The monoisotopic (exact) mass is 393 g/mol. The minimum absolute atomic E-state index is 0.0000644. The van der Waals surface area contributed by atoms with E-state index in [-0.39, 0.29) is 6.04 Å². The number of carbonyl (C=O) groups excluding carboxylic acids is 2. The number of aryl methyl sites for hydroxylation is 2. The number of ketones is 1. The lowest BCUT2D eigenvalue weighted by Gasteiger charge is -2.23. The van der Waals surface area contributed by atoms with Crippen molar-refractivity contribution in [3.63, 3.8) is 0 Å². The molecule has 5 nitrogen and oxygen atoms in total. The van der Waals surface area contributed by atoms with E-state index in [2.05, 4.69) is 24.2 Å². The Morgan fingerprint density at radius 2 is 1.82 bits per heavy atom. The first-order valence-electron chi connectivity index (χ1n) is 9.50. The van der Waals surface area contributed by atoms with E-state index in [4.69, 9.17) is 0 Å². The Hall–Kier alpha value is -2.73. The molecule has 0 radical (unpaired) electrons. The first-order valence-corrected chi connectivity index (χ1v) is 10.3. The molecule has 28 heavy (non-hydrogen) atoms. The van der Waals surface area contributed by atoms with Crippen molar-refractivity contribution in [1.82, 2.24) is 14.7 Å². The highest BCUT2D eigenvalue weighted by Crippen LogP contribution is 2.36. The molecule has 0 bridgehead atoms. The van der Waals surface area contributed by atoms with E-state index in [1.807, 2.05) is 37.3 Å². The number of aromatic nitrogens is 2. The number of Topliss-reactive ketones (excluding diaryl/α,β-unsaturated/α-hetero) is 1. The highest BCUT2D eigenvalue weighted by atomic mass is 32.1. The van der Waals surface area contributed by atoms with Crippen LogP contribution < -0.4 is 0 Å². The molecule has 1 amide bonds. The highest BCUT2D eigenvalue weighted by molar-refractivity contribution is 7.12. The number of hydrogen-bond donors (Lipinski definition) is 0. The molecule has 1 saturated heterocycles. The van der Waals surface area contributed by atoms with Crippen LogP contribution in [0.4, 0.5) is 0 Å². The second kappa shape index (κ2) is 7.36. The normalized spacial score (nSPS) is 16.5. The number of rotatable bonds is 4. The number of nitrogens with zero attached hydrogens (tertiary/aromatic N) is 3. The summed E-state index contributed by atoms with van der Waals surface area (Å²) in [5.41, 5.74) is 2.58. The quantitative estimate of drug-likeness (QED) is 0.487. The Balaban J connectivity index is 1.64. The molecule has 1 atom stereocenters. The average Bonchev–Trinajstić information content (AvgIpc) is 3.40. The van der Waals surface area contributed by atoms with Gasteiger partial charge in [0, 0.05) is 16.3 Å². The van der Waals surface area contributed by atoms with E-state index in [0.717, 1.165) is 23.4 Å². The van der Waals surface area contributed by atoms with Crippen molar-refractivity contribution in [3.8, 4) is 5.69 Å². The number of carbonyl (C=O) groups is 2. The van der Waals surface area contributed by atoms with Gasteiger partial charge < -0.3 is 4.90 Å². The zero-order valence-electron chi connectivity index (χ0n) is 16.3. The second-order valence-corrected chi connectivity index (χ2v) is 8.55. The standard InChI is InChI=1S/C22H23N3O2S/c1-14-11-12-19(28-14)18-10-7-13-24(18)22(27)21(26)20-15(2)23-25(16(20)3)17-8-5-4-6-9-17/h4-6,8-9,11-12,18H,7,10,13H2,1-3H3. The summed E-state index contributed by atoms with van der Waals surface area (Å²) >= 11 is 1.70. The van der Waals surface area contributed by atoms with Gasteiger partial charge in [-0.3, -0.25) is 9.59 Å². The van der Waals surface area contributed by atoms with Crippen LogP contribution in [0.3, 0.4) is 0 Å². The Labute approximate surface area is 168 Å². The molecule has 3 aromatic rings. The van der Waals surface area contributed by atoms with Crippen LogP contribution in [-0.2, 0) is 4.79 Å². The van der Waals surface area contributed by atoms with Crippen LogP contribution in [0.25, 0.3) is 5.69 Å². The molecule has 1 aliphatic rings. The third-order valence-electron chi connectivity index (χ3n) is 5.32. The van der Waals surface area contributed by atoms with E-state index in [1.54, 1.807) is 27.8 Å². The SMILES string of the molecule is Cc1ccc(C2CCCN2C(=O)C(=O)c2c(C)nn(-c3ccccc3)c2C)s1. The molecule has 0 saturated carbocycles. The van der Waals surface area contributed by atoms with Gasteiger partial charge in [0.1, 0.15) is 0 Å². The molecule has 144 valence electrons. The fraction of sp³-hybridized carbons (Fsp3) is 0.318. The Bertz CT molecular complexity index is 1040. The van der Waals surface area contributed by atoms with Crippen molar-refractivity contribution in [2.45, 2.75) is 39.7 Å². The summed E-state index contributed by atoms with van der Waals surface area (Å²) in [5, 5.41) is 4.52. The summed E-state index contributed by atoms with van der Waals surface area (Å²) in [6.07, 6.45) is 1.82. The number of amides is 1. The van der Waals surface area contributed by atoms with Gasteiger partial charge in [-0.1, -0.05) is 18.2 Å². The average molecular weight is 394 g/mol. The number of thiophene rings is 1. The van der Waals surface area contributed by atoms with E-state index in [1.165, 1.54) is 4.88 Å². The summed E-state index contributed by atoms with van der Waals surface area (Å²) in [5.74, 6) is -0.885. The predicted octanol–water partition coefficient (Wildman–Crippen LogP) is 4.41. The number of hydrogen-bond acceptors (Lipinski definition) is 4. The van der Waals surface area contributed by atoms with Gasteiger partial charge >= 0.3 is 0 Å². The minimum atomic E-state index is -0.461. The molecular formula is C22H23N3O2S. The maximum Gasteiger partial charge on any atom is 0.295 e. The summed E-state index contributed by atoms with van der Waals surface area (Å²) in [6.45, 7) is 6.32. The molecular weight excluding hydrogens is 370 g/mol. The summed E-state index contributed by atoms with van der Waals surface area (Å²) < 4.78 is 1.74. The molecule has 1 aromatic carbocycles. The largest absolute Gasteiger partial charge is 0.328 e. The third kappa shape index (κ3) is 3.18. The molecule has 1 unspecified atom stereocenters. The smallest absolute Gasteiger partial charge is 0.295 e. The second-order valence-electron chi connectivity index (χ2n) is 7.23. The van der Waals surface area contributed by atoms with Gasteiger partial charge in [-0.15, -0.1) is 11.3 Å². The number of likely N-dealkylation sites (tertiary alicyclic amines) is 1. The number of benzene rings is 1. The molecule has 0 spiro atoms. The third-order valence-corrected chi connectivity index (χ3v) is 6.42. The molecule has 1 aliphatic heterocycles. The van der Waals surface area contributed by atoms with Gasteiger partial charge in [0.05, 0.1) is 28.7 Å². The van der Waals surface area contributed by atoms with Crippen LogP contribution in [0.2, 0.25) is 0 Å². The van der Waals surface area contributed by atoms with Crippen LogP contribution in [0, 0.1) is 20.8 Å². The Morgan fingerprint density at radius 3 is 2.50 bits per heavy atom. The van der Waals surface area contributed by atoms with Gasteiger partial charge in [0.15, 0.2) is 0 Å². The van der Waals surface area contributed by atoms with Crippen LogP contribution in [0.1, 0.15) is 50.4 Å². The first kappa shape index (κ1) is 18.6. The summed E-state index contributed by atoms with van der Waals surface area (Å²) in [4.78, 5) is 30.4. The van der Waals surface area contributed by atoms with Crippen molar-refractivity contribution >= 4 is 23.0 Å². The Kier molecular flexibility index (Phi) is 4.89. The van der Waals surface area contributed by atoms with Crippen LogP contribution in [-0.4, -0.2) is 32.9 Å². The van der Waals surface area contributed by atoms with Crippen molar-refractivity contribution in [1.29, 1.82) is 0 Å². The van der Waals surface area contributed by atoms with Gasteiger partial charge in [-0.25, -0.2) is 4.68 Å². The molecule has 0 N–H and O–H groups in total. The lowest BCUT2D eigenvalue weighted by atomic mass is 10.1. The fourth-order valence-electron chi connectivity index (χ4n) is 3.97. The molecule has 3 heterocycles. The van der Waals surface area contributed by atoms with E-state index < -0.39 is 11.7 Å².